The lowest BCUT2D eigenvalue weighted by atomic mass is 9.49. The Balaban J connectivity index is 1.03. The van der Waals surface area contributed by atoms with Crippen LogP contribution in [0.2, 0.25) is 0 Å². The van der Waals surface area contributed by atoms with Gasteiger partial charge in [0, 0.05) is 0 Å². The van der Waals surface area contributed by atoms with Crippen molar-refractivity contribution in [3.63, 3.8) is 0 Å². The second-order valence-electron chi connectivity index (χ2n) is 12.6. The molecule has 7 aliphatic rings. The van der Waals surface area contributed by atoms with Gasteiger partial charge in [0.25, 0.3) is 0 Å². The van der Waals surface area contributed by atoms with E-state index in [1.54, 1.807) is 12.1 Å². The minimum Gasteiger partial charge on any atom is -0.744 e. The van der Waals surface area contributed by atoms with Gasteiger partial charge in [-0.2, -0.15) is 0 Å². The summed E-state index contributed by atoms with van der Waals surface area (Å²) in [6, 6.07) is 8.47. The molecule has 0 spiro atoms. The van der Waals surface area contributed by atoms with Crippen LogP contribution in [0.15, 0.2) is 41.3 Å². The Morgan fingerprint density at radius 2 is 1.55 bits per heavy atom. The first kappa shape index (κ1) is 24.8. The molecule has 3 aliphatic heterocycles. The molecule has 6 unspecified atom stereocenters. The molecule has 2 aromatic rings. The van der Waals surface area contributed by atoms with Crippen molar-refractivity contribution in [3.05, 3.63) is 36.4 Å². The smallest absolute Gasteiger partial charge is 0.318 e. The van der Waals surface area contributed by atoms with Crippen molar-refractivity contribution in [2.24, 2.45) is 35.0 Å². The Labute approximate surface area is 230 Å². The molecule has 7 fully saturated rings. The Kier molecular flexibility index (Phi) is 5.11. The van der Waals surface area contributed by atoms with Gasteiger partial charge in [0.15, 0.2) is 12.2 Å². The van der Waals surface area contributed by atoms with Gasteiger partial charge in [-0.05, 0) is 91.3 Å². The average molecular weight is 568 g/mol. The standard InChI is InChI=1S/C29H28O10S/c30-26(36-18-3-1-17-9-19(40(33,34)35)4-2-16(17)8-18)20-21-22-24(38-27(21)31)25(23(20)37-22)39-28(32)29-10-13-5-14(11-29)7-15(6-13)12-29/h1-4,8-9,13-15,20-25H,5-7,10-12H2,(H,33,34,35)/p-1. The van der Waals surface area contributed by atoms with E-state index < -0.39 is 63.7 Å². The molecule has 11 heteroatoms. The van der Waals surface area contributed by atoms with Crippen LogP contribution in [0.5, 0.6) is 5.75 Å². The molecule has 0 amide bonds. The van der Waals surface area contributed by atoms with Crippen molar-refractivity contribution < 1.29 is 46.3 Å². The van der Waals surface area contributed by atoms with E-state index >= 15 is 0 Å². The maximum atomic E-state index is 13.7. The minimum absolute atomic E-state index is 0.183. The van der Waals surface area contributed by atoms with Crippen molar-refractivity contribution in [3.8, 4) is 5.75 Å². The Bertz CT molecular complexity index is 1550. The van der Waals surface area contributed by atoms with E-state index in [-0.39, 0.29) is 16.6 Å². The number of benzene rings is 2. The lowest BCUT2D eigenvalue weighted by Crippen LogP contribution is -2.54. The molecule has 3 heterocycles. The molecule has 4 aliphatic carbocycles. The monoisotopic (exact) mass is 567 g/mol. The number of rotatable bonds is 5. The summed E-state index contributed by atoms with van der Waals surface area (Å²) in [6.45, 7) is 0. The van der Waals surface area contributed by atoms with Crippen LogP contribution in [-0.2, 0) is 38.7 Å². The largest absolute Gasteiger partial charge is 0.744 e. The first-order valence-corrected chi connectivity index (χ1v) is 15.3. The van der Waals surface area contributed by atoms with Crippen molar-refractivity contribution in [1.29, 1.82) is 0 Å². The van der Waals surface area contributed by atoms with Gasteiger partial charge < -0.3 is 23.5 Å². The van der Waals surface area contributed by atoms with Gasteiger partial charge in [-0.25, -0.2) is 8.42 Å². The highest BCUT2D eigenvalue weighted by atomic mass is 32.2. The molecule has 0 N–H and O–H groups in total. The van der Waals surface area contributed by atoms with Crippen LogP contribution in [0.4, 0.5) is 0 Å². The highest BCUT2D eigenvalue weighted by Gasteiger charge is 2.72. The molecule has 9 rings (SSSR count). The molecule has 2 aromatic carbocycles. The lowest BCUT2D eigenvalue weighted by Gasteiger charge is -2.55. The molecule has 6 atom stereocenters. The van der Waals surface area contributed by atoms with E-state index in [9.17, 15) is 27.4 Å². The Morgan fingerprint density at radius 1 is 0.900 bits per heavy atom. The summed E-state index contributed by atoms with van der Waals surface area (Å²) in [5, 5.41) is 1.04. The lowest BCUT2D eigenvalue weighted by molar-refractivity contribution is -0.185. The van der Waals surface area contributed by atoms with Crippen molar-refractivity contribution in [2.45, 2.75) is 67.8 Å². The highest BCUT2D eigenvalue weighted by molar-refractivity contribution is 7.85. The topological polar surface area (TPSA) is 145 Å². The molecular weight excluding hydrogens is 540 g/mol. The first-order chi connectivity index (χ1) is 19.1. The number of hydrogen-bond donors (Lipinski definition) is 0. The normalized spacial score (nSPS) is 40.4. The van der Waals surface area contributed by atoms with Gasteiger partial charge >= 0.3 is 17.9 Å². The zero-order valence-electron chi connectivity index (χ0n) is 21.4. The number of fused-ring (bicyclic) bond motifs is 2. The van der Waals surface area contributed by atoms with Gasteiger partial charge in [-0.1, -0.05) is 12.1 Å². The minimum atomic E-state index is -4.61. The third-order valence-electron chi connectivity index (χ3n) is 10.2. The maximum absolute atomic E-state index is 13.7. The zero-order valence-corrected chi connectivity index (χ0v) is 22.2. The number of carbonyl (C=O) groups is 3. The van der Waals surface area contributed by atoms with E-state index in [2.05, 4.69) is 0 Å². The SMILES string of the molecule is O=C1OC2C(OC(=O)C34CC5CC(CC(C5)C3)C4)C3OC2C1C3C(=O)Oc1ccc2cc(S(=O)(=O)[O-])ccc2c1. The summed E-state index contributed by atoms with van der Waals surface area (Å²) in [7, 11) is -4.61. The van der Waals surface area contributed by atoms with Crippen molar-refractivity contribution >= 4 is 38.8 Å². The summed E-state index contributed by atoms with van der Waals surface area (Å²) in [4.78, 5) is 39.5. The molecule has 0 aromatic heterocycles. The molecule has 4 saturated carbocycles. The van der Waals surface area contributed by atoms with E-state index in [0.717, 1.165) is 19.3 Å². The molecule has 6 bridgehead atoms. The van der Waals surface area contributed by atoms with Crippen molar-refractivity contribution in [1.82, 2.24) is 0 Å². The summed E-state index contributed by atoms with van der Waals surface area (Å²) in [6.07, 6.45) is 2.96. The van der Waals surface area contributed by atoms with Gasteiger partial charge in [0.1, 0.15) is 39.9 Å². The molecule has 0 radical (unpaired) electrons. The molecule has 40 heavy (non-hydrogen) atoms. The van der Waals surface area contributed by atoms with Crippen LogP contribution < -0.4 is 4.74 Å². The molecular formula is C29H27O10S-. The van der Waals surface area contributed by atoms with Gasteiger partial charge in [-0.3, -0.25) is 14.4 Å². The van der Waals surface area contributed by atoms with Crippen LogP contribution in [0.25, 0.3) is 10.8 Å². The Morgan fingerprint density at radius 3 is 2.23 bits per heavy atom. The summed E-state index contributed by atoms with van der Waals surface area (Å²) >= 11 is 0. The first-order valence-electron chi connectivity index (χ1n) is 13.9. The number of esters is 3. The number of hydrogen-bond acceptors (Lipinski definition) is 10. The van der Waals surface area contributed by atoms with Crippen molar-refractivity contribution in [2.75, 3.05) is 0 Å². The zero-order chi connectivity index (χ0) is 27.6. The maximum Gasteiger partial charge on any atom is 0.318 e. The van der Waals surface area contributed by atoms with E-state index in [1.165, 1.54) is 43.5 Å². The predicted octanol–water partition coefficient (Wildman–Crippen LogP) is 2.72. The quantitative estimate of drug-likeness (QED) is 0.300. The number of ether oxygens (including phenoxy) is 4. The fraction of sp³-hybridized carbons (Fsp3) is 0.552. The fourth-order valence-electron chi connectivity index (χ4n) is 8.95. The second kappa shape index (κ2) is 8.27. The van der Waals surface area contributed by atoms with E-state index in [1.807, 2.05) is 0 Å². The second-order valence-corrected chi connectivity index (χ2v) is 14.0. The van der Waals surface area contributed by atoms with Crippen LogP contribution >= 0.6 is 0 Å². The molecule has 210 valence electrons. The molecule has 3 saturated heterocycles. The van der Waals surface area contributed by atoms with Gasteiger partial charge in [0.05, 0.1) is 10.3 Å². The van der Waals surface area contributed by atoms with E-state index in [4.69, 9.17) is 18.9 Å². The summed E-state index contributed by atoms with van der Waals surface area (Å²) in [5.74, 6) is -1.46. The molecule has 10 nitrogen and oxygen atoms in total. The van der Waals surface area contributed by atoms with Crippen LogP contribution in [0.3, 0.4) is 0 Å². The highest BCUT2D eigenvalue weighted by Crippen LogP contribution is 2.61. The number of carbonyl (C=O) groups excluding carboxylic acids is 3. The average Bonchev–Trinajstić information content (AvgIpc) is 3.51. The predicted molar refractivity (Wildman–Crippen MR) is 134 cm³/mol. The van der Waals surface area contributed by atoms with Crippen LogP contribution in [0.1, 0.15) is 38.5 Å². The summed E-state index contributed by atoms with van der Waals surface area (Å²) in [5.41, 5.74) is -0.495. The fourth-order valence-corrected chi connectivity index (χ4v) is 9.46. The van der Waals surface area contributed by atoms with Crippen LogP contribution in [0, 0.1) is 35.0 Å². The van der Waals surface area contributed by atoms with Gasteiger partial charge in [0.2, 0.25) is 0 Å². The van der Waals surface area contributed by atoms with Gasteiger partial charge in [-0.15, -0.1) is 0 Å². The van der Waals surface area contributed by atoms with E-state index in [0.29, 0.717) is 28.5 Å². The third-order valence-corrected chi connectivity index (χ3v) is 11.0. The van der Waals surface area contributed by atoms with Crippen LogP contribution in [-0.4, -0.2) is 55.3 Å². The third kappa shape index (κ3) is 3.60. The summed E-state index contributed by atoms with van der Waals surface area (Å²) < 4.78 is 57.4. The Hall–Kier alpha value is -3.02.